The van der Waals surface area contributed by atoms with Crippen molar-refractivity contribution in [3.05, 3.63) is 0 Å². The molecule has 3 unspecified atom stereocenters. The lowest BCUT2D eigenvalue weighted by molar-refractivity contribution is -0.00388. The molecule has 0 aliphatic carbocycles. The standard InChI is InChI=1S/C9H21NO6.C4H9Cl/c11-4-7(14)1-10(2-8(15)5-12)3-9(16)6-13;1-2-3-4-5/h7-9,11-16H,1-6H2;2-4H2,1H3. The number of hydrogen-bond donors (Lipinski definition) is 6. The maximum absolute atomic E-state index is 9.22. The maximum Gasteiger partial charge on any atom is 0.0897 e. The highest BCUT2D eigenvalue weighted by Crippen LogP contribution is 1.98. The van der Waals surface area contributed by atoms with Gasteiger partial charge in [0.15, 0.2) is 0 Å². The summed E-state index contributed by atoms with van der Waals surface area (Å²) < 4.78 is 0. The molecule has 0 amide bonds. The number of nitrogens with zero attached hydrogens (tertiary/aromatic N) is 1. The van der Waals surface area contributed by atoms with Gasteiger partial charge < -0.3 is 30.6 Å². The van der Waals surface area contributed by atoms with Crippen molar-refractivity contribution >= 4 is 11.6 Å². The van der Waals surface area contributed by atoms with E-state index < -0.39 is 38.1 Å². The SMILES string of the molecule is CCCCCl.OCC(O)CN(CC(O)CO)CC(O)CO. The molecule has 0 saturated carbocycles. The van der Waals surface area contributed by atoms with Gasteiger partial charge in [0.25, 0.3) is 0 Å². The van der Waals surface area contributed by atoms with Gasteiger partial charge >= 0.3 is 0 Å². The van der Waals surface area contributed by atoms with Crippen LogP contribution in [-0.4, -0.2) is 99.2 Å². The van der Waals surface area contributed by atoms with Gasteiger partial charge in [-0.25, -0.2) is 0 Å². The van der Waals surface area contributed by atoms with Crippen molar-refractivity contribution < 1.29 is 30.6 Å². The Morgan fingerprint density at radius 2 is 1.14 bits per heavy atom. The van der Waals surface area contributed by atoms with Gasteiger partial charge in [-0.05, 0) is 6.42 Å². The molecule has 7 nitrogen and oxygen atoms in total. The Morgan fingerprint density at radius 1 is 0.810 bits per heavy atom. The van der Waals surface area contributed by atoms with Gasteiger partial charge in [0.2, 0.25) is 0 Å². The van der Waals surface area contributed by atoms with Crippen LogP contribution in [-0.2, 0) is 0 Å². The van der Waals surface area contributed by atoms with Gasteiger partial charge in [-0.2, -0.15) is 0 Å². The zero-order valence-electron chi connectivity index (χ0n) is 12.6. The van der Waals surface area contributed by atoms with Gasteiger partial charge in [-0.1, -0.05) is 13.3 Å². The van der Waals surface area contributed by atoms with Crippen LogP contribution in [0.2, 0.25) is 0 Å². The highest BCUT2D eigenvalue weighted by molar-refractivity contribution is 6.17. The normalized spacial score (nSPS) is 15.3. The van der Waals surface area contributed by atoms with E-state index in [1.165, 1.54) is 11.3 Å². The predicted molar refractivity (Wildman–Crippen MR) is 81.3 cm³/mol. The first-order valence-electron chi connectivity index (χ1n) is 7.10. The number of halogens is 1. The fourth-order valence-electron chi connectivity index (χ4n) is 1.42. The Balaban J connectivity index is 0. The minimum absolute atomic E-state index is 0.0463. The Labute approximate surface area is 131 Å². The second-order valence-electron chi connectivity index (χ2n) is 4.77. The molecule has 0 fully saturated rings. The zero-order valence-corrected chi connectivity index (χ0v) is 13.4. The van der Waals surface area contributed by atoms with Crippen LogP contribution < -0.4 is 0 Å². The molecular weight excluding hydrogens is 302 g/mol. The molecule has 0 radical (unpaired) electrons. The number of aliphatic hydroxyl groups is 6. The van der Waals surface area contributed by atoms with Crippen molar-refractivity contribution in [2.24, 2.45) is 0 Å². The fraction of sp³-hybridized carbons (Fsp3) is 1.00. The Kier molecular flexibility index (Phi) is 18.2. The number of unbranched alkanes of at least 4 members (excludes halogenated alkanes) is 1. The van der Waals surface area contributed by atoms with E-state index in [4.69, 9.17) is 26.9 Å². The molecule has 8 heteroatoms. The van der Waals surface area contributed by atoms with Crippen LogP contribution in [0.4, 0.5) is 0 Å². The third-order valence-electron chi connectivity index (χ3n) is 2.53. The van der Waals surface area contributed by atoms with Crippen LogP contribution in [0.1, 0.15) is 19.8 Å². The summed E-state index contributed by atoms with van der Waals surface area (Å²) in [6, 6.07) is 0. The monoisotopic (exact) mass is 331 g/mol. The summed E-state index contributed by atoms with van der Waals surface area (Å²) in [5.74, 6) is 0.816. The van der Waals surface area contributed by atoms with Crippen LogP contribution in [0, 0.1) is 0 Å². The van der Waals surface area contributed by atoms with Gasteiger partial charge in [0.05, 0.1) is 38.1 Å². The molecule has 6 N–H and O–H groups in total. The number of hydrogen-bond acceptors (Lipinski definition) is 7. The topological polar surface area (TPSA) is 125 Å². The predicted octanol–water partition coefficient (Wildman–Crippen LogP) is -1.63. The molecule has 0 aromatic rings. The minimum atomic E-state index is -0.989. The van der Waals surface area contributed by atoms with Gasteiger partial charge in [-0.3, -0.25) is 4.90 Å². The van der Waals surface area contributed by atoms with Crippen LogP contribution in [0.15, 0.2) is 0 Å². The van der Waals surface area contributed by atoms with Gasteiger partial charge in [0.1, 0.15) is 0 Å². The average Bonchev–Trinajstić information content (AvgIpc) is 2.48. The molecule has 0 aliphatic heterocycles. The molecule has 21 heavy (non-hydrogen) atoms. The number of aliphatic hydroxyl groups excluding tert-OH is 6. The van der Waals surface area contributed by atoms with Crippen molar-refractivity contribution in [1.29, 1.82) is 0 Å². The highest BCUT2D eigenvalue weighted by atomic mass is 35.5. The Bertz CT molecular complexity index is 183. The molecule has 0 bridgehead atoms. The minimum Gasteiger partial charge on any atom is -0.394 e. The summed E-state index contributed by atoms with van der Waals surface area (Å²) in [6.45, 7) is 0.977. The summed E-state index contributed by atoms with van der Waals surface area (Å²) in [7, 11) is 0. The van der Waals surface area contributed by atoms with E-state index >= 15 is 0 Å². The summed E-state index contributed by atoms with van der Waals surface area (Å²) in [4.78, 5) is 1.46. The molecule has 3 atom stereocenters. The lowest BCUT2D eigenvalue weighted by Crippen LogP contribution is -2.44. The molecular formula is C13H30ClNO6. The van der Waals surface area contributed by atoms with E-state index in [-0.39, 0.29) is 19.6 Å². The molecule has 0 saturated heterocycles. The molecule has 0 aromatic heterocycles. The first-order valence-corrected chi connectivity index (χ1v) is 7.63. The molecule has 0 rings (SSSR count). The summed E-state index contributed by atoms with van der Waals surface area (Å²) in [5.41, 5.74) is 0. The zero-order chi connectivity index (χ0) is 16.7. The average molecular weight is 332 g/mol. The van der Waals surface area contributed by atoms with Crippen LogP contribution in [0.5, 0.6) is 0 Å². The molecule has 130 valence electrons. The van der Waals surface area contributed by atoms with E-state index in [0.29, 0.717) is 0 Å². The molecule has 0 heterocycles. The summed E-state index contributed by atoms with van der Waals surface area (Å²) in [5, 5.41) is 53.7. The van der Waals surface area contributed by atoms with Gasteiger partial charge in [-0.15, -0.1) is 11.6 Å². The third kappa shape index (κ3) is 16.2. The van der Waals surface area contributed by atoms with Gasteiger partial charge in [0, 0.05) is 25.5 Å². The smallest absolute Gasteiger partial charge is 0.0897 e. The van der Waals surface area contributed by atoms with Crippen molar-refractivity contribution in [2.45, 2.75) is 38.1 Å². The largest absolute Gasteiger partial charge is 0.394 e. The fourth-order valence-corrected chi connectivity index (χ4v) is 1.69. The lowest BCUT2D eigenvalue weighted by Gasteiger charge is -2.27. The summed E-state index contributed by atoms with van der Waals surface area (Å²) >= 11 is 5.30. The second kappa shape index (κ2) is 16.4. The van der Waals surface area contributed by atoms with Crippen LogP contribution in [0.3, 0.4) is 0 Å². The van der Waals surface area contributed by atoms with E-state index in [0.717, 1.165) is 12.3 Å². The number of rotatable bonds is 11. The maximum atomic E-state index is 9.22. The van der Waals surface area contributed by atoms with E-state index in [1.807, 2.05) is 0 Å². The van der Waals surface area contributed by atoms with Crippen molar-refractivity contribution in [3.8, 4) is 0 Å². The highest BCUT2D eigenvalue weighted by Gasteiger charge is 2.17. The molecule has 0 spiro atoms. The van der Waals surface area contributed by atoms with E-state index in [9.17, 15) is 15.3 Å². The first-order chi connectivity index (χ1) is 9.94. The second-order valence-corrected chi connectivity index (χ2v) is 5.15. The number of alkyl halides is 1. The van der Waals surface area contributed by atoms with Crippen molar-refractivity contribution in [3.63, 3.8) is 0 Å². The lowest BCUT2D eigenvalue weighted by atomic mass is 10.2. The molecule has 0 aromatic carbocycles. The molecule has 0 aliphatic rings. The first kappa shape index (κ1) is 23.3. The van der Waals surface area contributed by atoms with E-state index in [2.05, 4.69) is 6.92 Å². The van der Waals surface area contributed by atoms with E-state index in [1.54, 1.807) is 0 Å². The van der Waals surface area contributed by atoms with Crippen LogP contribution >= 0.6 is 11.6 Å². The Morgan fingerprint density at radius 3 is 1.29 bits per heavy atom. The Hall–Kier alpha value is 0.01000. The quantitative estimate of drug-likeness (QED) is 0.251. The van der Waals surface area contributed by atoms with Crippen LogP contribution in [0.25, 0.3) is 0 Å². The van der Waals surface area contributed by atoms with Crippen molar-refractivity contribution in [2.75, 3.05) is 45.3 Å². The third-order valence-corrected chi connectivity index (χ3v) is 2.79. The summed E-state index contributed by atoms with van der Waals surface area (Å²) in [6.07, 6.45) is -0.601. The van der Waals surface area contributed by atoms with Crippen molar-refractivity contribution in [1.82, 2.24) is 4.90 Å².